The summed E-state index contributed by atoms with van der Waals surface area (Å²) in [6, 6.07) is 1.31. The van der Waals surface area contributed by atoms with E-state index in [0.29, 0.717) is 0 Å². The Kier molecular flexibility index (Phi) is 3.05. The van der Waals surface area contributed by atoms with Crippen molar-refractivity contribution in [2.45, 2.75) is 0 Å². The third kappa shape index (κ3) is 1.81. The molecule has 0 saturated heterocycles. The van der Waals surface area contributed by atoms with E-state index in [-0.39, 0.29) is 13.4 Å². The largest absolute Gasteiger partial charge is 0.204 e. The van der Waals surface area contributed by atoms with E-state index >= 15 is 0 Å². The molecule has 0 aliphatic carbocycles. The molecule has 11 heavy (non-hydrogen) atoms. The van der Waals surface area contributed by atoms with Gasteiger partial charge >= 0.3 is 0 Å². The maximum atomic E-state index is 12.8. The van der Waals surface area contributed by atoms with Gasteiger partial charge in [-0.15, -0.1) is 0 Å². The summed E-state index contributed by atoms with van der Waals surface area (Å²) in [5.74, 6) is -1.27. The molecule has 0 aromatic heterocycles. The van der Waals surface area contributed by atoms with Gasteiger partial charge in [-0.1, -0.05) is 0 Å². The lowest BCUT2D eigenvalue weighted by Crippen LogP contribution is -1.87. The Morgan fingerprint density at radius 1 is 0.909 bits per heavy atom. The fourth-order valence-corrected chi connectivity index (χ4v) is 2.66. The zero-order chi connectivity index (χ0) is 8.59. The lowest BCUT2D eigenvalue weighted by atomic mass is 10.3. The van der Waals surface area contributed by atoms with E-state index in [2.05, 4.69) is 47.8 Å². The number of halogens is 5. The third-order valence-electron chi connectivity index (χ3n) is 1.06. The van der Waals surface area contributed by atoms with Crippen LogP contribution in [0.2, 0.25) is 0 Å². The molecular weight excluding hydrogens is 350 g/mol. The maximum absolute atomic E-state index is 12.8. The van der Waals surface area contributed by atoms with Crippen molar-refractivity contribution < 1.29 is 8.78 Å². The van der Waals surface area contributed by atoms with Gasteiger partial charge in [0, 0.05) is 0 Å². The molecule has 0 fully saturated rings. The molecule has 0 amide bonds. The van der Waals surface area contributed by atoms with Crippen LogP contribution in [0.4, 0.5) is 8.78 Å². The molecule has 0 nitrogen and oxygen atoms in total. The second-order valence-corrected chi connectivity index (χ2v) is 4.28. The van der Waals surface area contributed by atoms with Gasteiger partial charge in [-0.05, 0) is 53.9 Å². The van der Waals surface area contributed by atoms with Gasteiger partial charge in [0.15, 0.2) is 11.6 Å². The van der Waals surface area contributed by atoms with Gasteiger partial charge in [-0.3, -0.25) is 0 Å². The lowest BCUT2D eigenvalue weighted by molar-refractivity contribution is 0.563. The van der Waals surface area contributed by atoms with Crippen molar-refractivity contribution >= 4 is 47.8 Å². The Labute approximate surface area is 87.4 Å². The summed E-state index contributed by atoms with van der Waals surface area (Å²) in [5.41, 5.74) is 0. The standard InChI is InChI=1S/C6HBr3F2/c7-2-1-3(8)6(11)4(9)5(2)10/h1H. The van der Waals surface area contributed by atoms with Crippen LogP contribution < -0.4 is 0 Å². The average molecular weight is 351 g/mol. The molecular formula is C6HBr3F2. The van der Waals surface area contributed by atoms with Crippen LogP contribution in [0.1, 0.15) is 0 Å². The van der Waals surface area contributed by atoms with Crippen molar-refractivity contribution in [3.05, 3.63) is 31.1 Å². The van der Waals surface area contributed by atoms with Crippen LogP contribution in [0, 0.1) is 11.6 Å². The van der Waals surface area contributed by atoms with Crippen LogP contribution in [-0.2, 0) is 0 Å². The molecule has 0 unspecified atom stereocenters. The molecule has 1 aromatic carbocycles. The average Bonchev–Trinajstić information content (AvgIpc) is 1.97. The molecule has 1 aromatic rings. The first-order valence-corrected chi connectivity index (χ1v) is 4.90. The van der Waals surface area contributed by atoms with E-state index in [0.717, 1.165) is 0 Å². The van der Waals surface area contributed by atoms with Gasteiger partial charge < -0.3 is 0 Å². The van der Waals surface area contributed by atoms with Crippen molar-refractivity contribution in [2.24, 2.45) is 0 Å². The maximum Gasteiger partial charge on any atom is 0.154 e. The Bertz CT molecular complexity index is 272. The highest BCUT2D eigenvalue weighted by atomic mass is 79.9. The molecule has 0 bridgehead atoms. The Balaban J connectivity index is 3.46. The van der Waals surface area contributed by atoms with E-state index in [1.54, 1.807) is 0 Å². The smallest absolute Gasteiger partial charge is 0.154 e. The van der Waals surface area contributed by atoms with Crippen molar-refractivity contribution in [3.63, 3.8) is 0 Å². The van der Waals surface area contributed by atoms with Crippen molar-refractivity contribution in [2.75, 3.05) is 0 Å². The monoisotopic (exact) mass is 348 g/mol. The number of hydrogen-bond donors (Lipinski definition) is 0. The van der Waals surface area contributed by atoms with E-state index in [1.165, 1.54) is 6.07 Å². The van der Waals surface area contributed by atoms with Crippen LogP contribution >= 0.6 is 47.8 Å². The minimum absolute atomic E-state index is 0.168. The minimum Gasteiger partial charge on any atom is -0.204 e. The summed E-state index contributed by atoms with van der Waals surface area (Å²) in [4.78, 5) is 0. The van der Waals surface area contributed by atoms with Gasteiger partial charge in [0.2, 0.25) is 0 Å². The molecule has 0 aliphatic rings. The summed E-state index contributed by atoms with van der Waals surface area (Å²) < 4.78 is 25.9. The van der Waals surface area contributed by atoms with Gasteiger partial charge in [-0.25, -0.2) is 8.78 Å². The highest BCUT2D eigenvalue weighted by Gasteiger charge is 2.12. The molecule has 0 heterocycles. The quantitative estimate of drug-likeness (QED) is 0.484. The predicted molar refractivity (Wildman–Crippen MR) is 49.5 cm³/mol. The molecule has 5 heteroatoms. The minimum atomic E-state index is -0.634. The Hall–Kier alpha value is 0.520. The summed E-state index contributed by atoms with van der Waals surface area (Å²) in [6.07, 6.45) is 0. The van der Waals surface area contributed by atoms with Crippen LogP contribution in [0.25, 0.3) is 0 Å². The Morgan fingerprint density at radius 3 is 1.64 bits per heavy atom. The third-order valence-corrected chi connectivity index (χ3v) is 2.91. The zero-order valence-electron chi connectivity index (χ0n) is 4.97. The molecule has 0 spiro atoms. The van der Waals surface area contributed by atoms with E-state index in [1.807, 2.05) is 0 Å². The number of hydrogen-bond acceptors (Lipinski definition) is 0. The second-order valence-electron chi connectivity index (χ2n) is 1.78. The van der Waals surface area contributed by atoms with Gasteiger partial charge in [-0.2, -0.15) is 0 Å². The molecule has 0 radical (unpaired) electrons. The fraction of sp³-hybridized carbons (Fsp3) is 0. The van der Waals surface area contributed by atoms with Crippen LogP contribution in [-0.4, -0.2) is 0 Å². The van der Waals surface area contributed by atoms with Crippen LogP contribution in [0.15, 0.2) is 19.5 Å². The molecule has 1 rings (SSSR count). The summed E-state index contributed by atoms with van der Waals surface area (Å²) >= 11 is 8.63. The first kappa shape index (κ1) is 9.61. The Morgan fingerprint density at radius 2 is 1.27 bits per heavy atom. The zero-order valence-corrected chi connectivity index (χ0v) is 9.73. The first-order chi connectivity index (χ1) is 5.04. The van der Waals surface area contributed by atoms with Gasteiger partial charge in [0.05, 0.1) is 13.4 Å². The van der Waals surface area contributed by atoms with E-state index in [9.17, 15) is 8.78 Å². The number of rotatable bonds is 0. The topological polar surface area (TPSA) is 0 Å². The normalized spacial score (nSPS) is 10.3. The van der Waals surface area contributed by atoms with Crippen molar-refractivity contribution in [3.8, 4) is 0 Å². The second kappa shape index (κ2) is 3.49. The number of benzene rings is 1. The molecule has 0 N–H and O–H groups in total. The lowest BCUT2D eigenvalue weighted by Gasteiger charge is -2.00. The van der Waals surface area contributed by atoms with Crippen molar-refractivity contribution in [1.29, 1.82) is 0 Å². The summed E-state index contributed by atoms with van der Waals surface area (Å²) in [5, 5.41) is 0. The molecule has 0 aliphatic heterocycles. The van der Waals surface area contributed by atoms with Gasteiger partial charge in [0.25, 0.3) is 0 Å². The fourth-order valence-electron chi connectivity index (χ4n) is 0.544. The van der Waals surface area contributed by atoms with E-state index in [4.69, 9.17) is 0 Å². The van der Waals surface area contributed by atoms with E-state index < -0.39 is 11.6 Å². The SMILES string of the molecule is Fc1c(Br)cc(Br)c(F)c1Br. The molecule has 0 saturated carbocycles. The summed E-state index contributed by atoms with van der Waals surface area (Å²) in [7, 11) is 0. The highest BCUT2D eigenvalue weighted by molar-refractivity contribution is 9.11. The molecule has 0 atom stereocenters. The first-order valence-electron chi connectivity index (χ1n) is 2.52. The van der Waals surface area contributed by atoms with Gasteiger partial charge in [0.1, 0.15) is 0 Å². The summed E-state index contributed by atoms with van der Waals surface area (Å²) in [6.45, 7) is 0. The predicted octanol–water partition coefficient (Wildman–Crippen LogP) is 4.25. The van der Waals surface area contributed by atoms with Crippen LogP contribution in [0.5, 0.6) is 0 Å². The highest BCUT2D eigenvalue weighted by Crippen LogP contribution is 2.31. The van der Waals surface area contributed by atoms with Crippen LogP contribution in [0.3, 0.4) is 0 Å². The van der Waals surface area contributed by atoms with Crippen molar-refractivity contribution in [1.82, 2.24) is 0 Å². The molecule has 60 valence electrons.